The van der Waals surface area contributed by atoms with Crippen molar-refractivity contribution in [3.05, 3.63) is 65.2 Å². The highest BCUT2D eigenvalue weighted by atomic mass is 127. The third kappa shape index (κ3) is 3.90. The van der Waals surface area contributed by atoms with Crippen LogP contribution in [0.2, 0.25) is 13.6 Å². The number of hydrogen-bond donors (Lipinski definition) is 0. The molecule has 2 aliphatic heterocycles. The van der Waals surface area contributed by atoms with Crippen LogP contribution in [0, 0.1) is 17.4 Å². The van der Waals surface area contributed by atoms with Crippen LogP contribution in [0.3, 0.4) is 0 Å². The lowest BCUT2D eigenvalue weighted by Crippen LogP contribution is -2.53. The molecule has 174 valence electrons. The van der Waals surface area contributed by atoms with Crippen molar-refractivity contribution in [1.29, 1.82) is 0 Å². The van der Waals surface area contributed by atoms with E-state index in [1.54, 1.807) is 0 Å². The zero-order valence-electron chi connectivity index (χ0n) is 20.2. The number of fused-ring (bicyclic) bond motifs is 2. The maximum atomic E-state index is 11.3. The lowest BCUT2D eigenvalue weighted by atomic mass is 9.48. The molecular formula is C25H29BI2N2O3. The van der Waals surface area contributed by atoms with Gasteiger partial charge in [0.15, 0.2) is 5.70 Å². The molecule has 0 unspecified atom stereocenters. The molecule has 0 aliphatic carbocycles. The van der Waals surface area contributed by atoms with Crippen LogP contribution in [0.4, 0.5) is 0 Å². The Morgan fingerprint density at radius 3 is 2.42 bits per heavy atom. The molecule has 0 bridgehead atoms. The van der Waals surface area contributed by atoms with E-state index in [0.717, 1.165) is 11.3 Å². The Balaban J connectivity index is 1.86. The van der Waals surface area contributed by atoms with E-state index < -0.39 is 6.42 Å². The van der Waals surface area contributed by atoms with Crippen LogP contribution in [-0.2, 0) is 16.1 Å². The number of benzene rings is 1. The summed E-state index contributed by atoms with van der Waals surface area (Å²) < 4.78 is 19.4. The number of hydrogen-bond acceptors (Lipinski definition) is 3. The third-order valence-corrected chi connectivity index (χ3v) is 10.00. The molecule has 0 N–H and O–H groups in total. The van der Waals surface area contributed by atoms with Gasteiger partial charge in [0.2, 0.25) is 0 Å². The summed E-state index contributed by atoms with van der Waals surface area (Å²) in [4.78, 5) is 11.3. The molecule has 0 spiro atoms. The summed E-state index contributed by atoms with van der Waals surface area (Å²) in [6.45, 7) is 15.6. The van der Waals surface area contributed by atoms with Gasteiger partial charge in [-0.05, 0) is 83.3 Å². The van der Waals surface area contributed by atoms with Crippen molar-refractivity contribution in [3.8, 4) is 5.75 Å². The number of aromatic nitrogens is 1. The Bertz CT molecular complexity index is 1280. The van der Waals surface area contributed by atoms with Gasteiger partial charge in [0.1, 0.15) is 24.7 Å². The second-order valence-electron chi connectivity index (χ2n) is 9.37. The first-order chi connectivity index (χ1) is 15.5. The Morgan fingerprint density at radius 1 is 1.09 bits per heavy atom. The summed E-state index contributed by atoms with van der Waals surface area (Å²) in [6.07, 6.45) is -1.05. The molecule has 8 heteroatoms. The highest BCUT2D eigenvalue weighted by molar-refractivity contribution is 14.1. The van der Waals surface area contributed by atoms with E-state index in [1.807, 2.05) is 24.3 Å². The van der Waals surface area contributed by atoms with Gasteiger partial charge >= 0.3 is 12.4 Å². The summed E-state index contributed by atoms with van der Waals surface area (Å²) in [7, 11) is 0. The summed E-state index contributed by atoms with van der Waals surface area (Å²) in [6, 6.07) is 7.77. The first-order valence-corrected chi connectivity index (χ1v) is 13.3. The van der Waals surface area contributed by atoms with Crippen molar-refractivity contribution in [3.63, 3.8) is 0 Å². The van der Waals surface area contributed by atoms with Gasteiger partial charge < -0.3 is 18.4 Å². The first-order valence-electron chi connectivity index (χ1n) is 11.2. The van der Waals surface area contributed by atoms with Gasteiger partial charge in [-0.25, -0.2) is 0 Å². The fourth-order valence-electron chi connectivity index (χ4n) is 5.44. The van der Waals surface area contributed by atoms with Crippen LogP contribution in [0.15, 0.2) is 39.1 Å². The van der Waals surface area contributed by atoms with Gasteiger partial charge in [0.25, 0.3) is 0 Å². The molecule has 5 nitrogen and oxygen atoms in total. The fourth-order valence-corrected chi connectivity index (χ4v) is 6.47. The van der Waals surface area contributed by atoms with Crippen LogP contribution in [0.25, 0.3) is 5.57 Å². The standard InChI is InChI=1S/C25H29BI2N2O3/c1-14-22(27)16(3)29-24(14)20(25-15(2)23(28)17(4)30(25)26(29,6)7)13-33-21-11-9-8-10-19(21)12-32-18(5)31/h8-11H,12-13H2,1-7H3. The van der Waals surface area contributed by atoms with Gasteiger partial charge in [0, 0.05) is 34.2 Å². The number of allylic oxidation sites excluding steroid dienone is 2. The topological polar surface area (TPSA) is 43.5 Å². The smallest absolute Gasteiger partial charge is 0.373 e. The molecule has 0 fully saturated rings. The van der Waals surface area contributed by atoms with Gasteiger partial charge in [-0.15, -0.1) is 13.6 Å². The molecule has 2 aromatic rings. The Labute approximate surface area is 223 Å². The van der Waals surface area contributed by atoms with Crippen LogP contribution >= 0.6 is 45.2 Å². The maximum Gasteiger partial charge on any atom is 0.373 e. The molecule has 3 heterocycles. The average molecular weight is 670 g/mol. The van der Waals surface area contributed by atoms with Crippen molar-refractivity contribution in [2.45, 2.75) is 54.9 Å². The van der Waals surface area contributed by atoms with Crippen LogP contribution < -0.4 is 4.74 Å². The summed E-state index contributed by atoms with van der Waals surface area (Å²) in [5, 5.41) is 0. The minimum absolute atomic E-state index is 0.204. The molecule has 0 radical (unpaired) electrons. The number of nitrogens with zero attached hydrogens (tertiary/aromatic N) is 2. The molecule has 0 atom stereocenters. The Hall–Kier alpha value is -1.56. The summed E-state index contributed by atoms with van der Waals surface area (Å²) in [5.41, 5.74) is 9.80. The van der Waals surface area contributed by atoms with Crippen LogP contribution in [-0.4, -0.2) is 33.7 Å². The van der Waals surface area contributed by atoms with Crippen molar-refractivity contribution >= 4 is 68.9 Å². The molecule has 1 aromatic carbocycles. The zero-order chi connectivity index (χ0) is 24.2. The summed E-state index contributed by atoms with van der Waals surface area (Å²) >= 11 is 4.95. The van der Waals surface area contributed by atoms with Crippen LogP contribution in [0.5, 0.6) is 5.75 Å². The van der Waals surface area contributed by atoms with E-state index in [4.69, 9.17) is 9.47 Å². The Morgan fingerprint density at radius 2 is 1.76 bits per heavy atom. The number of halogens is 2. The first kappa shape index (κ1) is 24.6. The highest BCUT2D eigenvalue weighted by Crippen LogP contribution is 2.44. The predicted molar refractivity (Wildman–Crippen MR) is 151 cm³/mol. The van der Waals surface area contributed by atoms with Crippen LogP contribution in [0.1, 0.15) is 43.3 Å². The average Bonchev–Trinajstić information content (AvgIpc) is 3.14. The molecule has 0 saturated carbocycles. The molecule has 4 rings (SSSR count). The van der Waals surface area contributed by atoms with Crippen molar-refractivity contribution in [2.24, 2.45) is 0 Å². The zero-order valence-corrected chi connectivity index (χ0v) is 24.5. The minimum Gasteiger partial charge on any atom is -0.488 e. The highest BCUT2D eigenvalue weighted by Gasteiger charge is 2.47. The van der Waals surface area contributed by atoms with Gasteiger partial charge in [-0.3, -0.25) is 4.79 Å². The van der Waals surface area contributed by atoms with E-state index in [1.165, 1.54) is 53.6 Å². The minimum atomic E-state index is -1.05. The number of ether oxygens (including phenoxy) is 2. The van der Waals surface area contributed by atoms with E-state index in [9.17, 15) is 4.79 Å². The van der Waals surface area contributed by atoms with Gasteiger partial charge in [-0.1, -0.05) is 18.2 Å². The molecule has 1 aromatic heterocycles. The predicted octanol–water partition coefficient (Wildman–Crippen LogP) is 6.32. The van der Waals surface area contributed by atoms with E-state index in [2.05, 4.69) is 95.5 Å². The molecule has 0 amide bonds. The second kappa shape index (κ2) is 8.90. The molecule has 0 saturated heterocycles. The van der Waals surface area contributed by atoms with Crippen molar-refractivity contribution < 1.29 is 18.8 Å². The second-order valence-corrected chi connectivity index (χ2v) is 11.5. The summed E-state index contributed by atoms with van der Waals surface area (Å²) in [5.74, 6) is 0.443. The number of rotatable bonds is 5. The van der Waals surface area contributed by atoms with E-state index >= 15 is 0 Å². The van der Waals surface area contributed by atoms with Crippen molar-refractivity contribution in [2.75, 3.05) is 6.61 Å². The van der Waals surface area contributed by atoms with E-state index in [0.29, 0.717) is 6.61 Å². The number of para-hydroxylation sites is 1. The van der Waals surface area contributed by atoms with Gasteiger partial charge in [-0.2, -0.15) is 0 Å². The third-order valence-electron chi connectivity index (χ3n) is 6.82. The van der Waals surface area contributed by atoms with Gasteiger partial charge in [0.05, 0.1) is 9.15 Å². The normalized spacial score (nSPS) is 16.9. The Kier molecular flexibility index (Phi) is 6.63. The number of carbonyl (C=O) groups excluding carboxylic acids is 1. The number of esters is 1. The quantitative estimate of drug-likeness (QED) is 0.213. The largest absolute Gasteiger partial charge is 0.488 e. The fraction of sp³-hybridized carbons (Fsp3) is 0.360. The lowest BCUT2D eigenvalue weighted by molar-refractivity contribution is -0.336. The molecule has 33 heavy (non-hydrogen) atoms. The molecular weight excluding hydrogens is 641 g/mol. The maximum absolute atomic E-state index is 11.3. The molecule has 2 aliphatic rings. The monoisotopic (exact) mass is 670 g/mol. The van der Waals surface area contributed by atoms with E-state index in [-0.39, 0.29) is 12.6 Å². The van der Waals surface area contributed by atoms with Crippen molar-refractivity contribution in [1.82, 2.24) is 4.48 Å². The number of carbonyl (C=O) groups is 1. The lowest BCUT2D eigenvalue weighted by Gasteiger charge is -2.40. The SMILES string of the molecule is CC(=O)OCc1ccccc1OCC1=C2C(C)=C(I)C(C)=[N+]2[B-](C)(C)n2c(C)c(I)c(C)c21.